The average Bonchev–Trinajstić information content (AvgIpc) is 2.27. The van der Waals surface area contributed by atoms with Gasteiger partial charge in [0.1, 0.15) is 0 Å². The number of allylic oxidation sites excluding steroid dienone is 1. The van der Waals surface area contributed by atoms with Gasteiger partial charge in [0.25, 0.3) is 0 Å². The standard InChI is InChI=1S/C12H14O/c1-9-6-7-10-4-2-3-5-11(10)12(13)8-9/h2-6,12-13H,7-8H2,1H3. The summed E-state index contributed by atoms with van der Waals surface area (Å²) >= 11 is 0. The van der Waals surface area contributed by atoms with Crippen LogP contribution in [0.1, 0.15) is 30.6 Å². The van der Waals surface area contributed by atoms with Crippen LogP contribution >= 0.6 is 0 Å². The van der Waals surface area contributed by atoms with Crippen LogP contribution in [0, 0.1) is 0 Å². The average molecular weight is 174 g/mol. The Morgan fingerprint density at radius 2 is 2.08 bits per heavy atom. The summed E-state index contributed by atoms with van der Waals surface area (Å²) in [4.78, 5) is 0. The maximum Gasteiger partial charge on any atom is 0.0829 e. The summed E-state index contributed by atoms with van der Waals surface area (Å²) in [5, 5.41) is 9.87. The first-order valence-corrected chi connectivity index (χ1v) is 4.69. The van der Waals surface area contributed by atoms with Crippen LogP contribution < -0.4 is 0 Å². The molecular weight excluding hydrogens is 160 g/mol. The molecule has 0 amide bonds. The highest BCUT2D eigenvalue weighted by atomic mass is 16.3. The van der Waals surface area contributed by atoms with Crippen molar-refractivity contribution in [1.29, 1.82) is 0 Å². The van der Waals surface area contributed by atoms with Gasteiger partial charge in [-0.2, -0.15) is 0 Å². The van der Waals surface area contributed by atoms with Gasteiger partial charge in [0.2, 0.25) is 0 Å². The third kappa shape index (κ3) is 1.65. The number of hydrogen-bond acceptors (Lipinski definition) is 1. The fraction of sp³-hybridized carbons (Fsp3) is 0.333. The molecule has 1 nitrogen and oxygen atoms in total. The van der Waals surface area contributed by atoms with Crippen molar-refractivity contribution in [1.82, 2.24) is 0 Å². The second-order valence-corrected chi connectivity index (χ2v) is 3.67. The van der Waals surface area contributed by atoms with E-state index in [4.69, 9.17) is 0 Å². The molecule has 1 atom stereocenters. The number of rotatable bonds is 0. The Hall–Kier alpha value is -1.08. The minimum absolute atomic E-state index is 0.310. The first-order chi connectivity index (χ1) is 6.27. The monoisotopic (exact) mass is 174 g/mol. The summed E-state index contributed by atoms with van der Waals surface area (Å²) in [6, 6.07) is 8.13. The summed E-state index contributed by atoms with van der Waals surface area (Å²) in [6.45, 7) is 2.08. The molecule has 0 saturated heterocycles. The summed E-state index contributed by atoms with van der Waals surface area (Å²) in [7, 11) is 0. The summed E-state index contributed by atoms with van der Waals surface area (Å²) in [5.41, 5.74) is 3.63. The van der Waals surface area contributed by atoms with Gasteiger partial charge in [-0.25, -0.2) is 0 Å². The Bertz CT molecular complexity index is 339. The molecule has 1 N–H and O–H groups in total. The number of aliphatic hydroxyl groups is 1. The summed E-state index contributed by atoms with van der Waals surface area (Å²) in [6.07, 6.45) is 3.63. The molecule has 1 aromatic rings. The Labute approximate surface area is 78.7 Å². The molecule has 1 aliphatic rings. The van der Waals surface area contributed by atoms with E-state index in [0.717, 1.165) is 18.4 Å². The minimum atomic E-state index is -0.310. The lowest BCUT2D eigenvalue weighted by molar-refractivity contribution is 0.178. The van der Waals surface area contributed by atoms with Crippen LogP contribution in [0.25, 0.3) is 0 Å². The molecular formula is C12H14O. The topological polar surface area (TPSA) is 20.2 Å². The molecule has 0 saturated carbocycles. The Kier molecular flexibility index (Phi) is 2.19. The van der Waals surface area contributed by atoms with E-state index >= 15 is 0 Å². The molecule has 2 rings (SSSR count). The molecule has 0 bridgehead atoms. The largest absolute Gasteiger partial charge is 0.388 e. The molecule has 0 radical (unpaired) electrons. The van der Waals surface area contributed by atoms with E-state index in [2.05, 4.69) is 19.1 Å². The van der Waals surface area contributed by atoms with Gasteiger partial charge in [-0.3, -0.25) is 0 Å². The molecule has 1 heteroatoms. The van der Waals surface area contributed by atoms with Gasteiger partial charge in [-0.05, 0) is 30.9 Å². The zero-order valence-electron chi connectivity index (χ0n) is 7.83. The van der Waals surface area contributed by atoms with Gasteiger partial charge in [-0.15, -0.1) is 0 Å². The van der Waals surface area contributed by atoms with Crippen LogP contribution in [-0.2, 0) is 6.42 Å². The van der Waals surface area contributed by atoms with Gasteiger partial charge in [0.05, 0.1) is 6.10 Å². The van der Waals surface area contributed by atoms with Crippen LogP contribution in [0.5, 0.6) is 0 Å². The van der Waals surface area contributed by atoms with Crippen molar-refractivity contribution in [2.24, 2.45) is 0 Å². The smallest absolute Gasteiger partial charge is 0.0829 e. The van der Waals surface area contributed by atoms with Crippen LogP contribution in [0.15, 0.2) is 35.9 Å². The number of fused-ring (bicyclic) bond motifs is 1. The third-order valence-electron chi connectivity index (χ3n) is 2.60. The van der Waals surface area contributed by atoms with Crippen molar-refractivity contribution in [3.05, 3.63) is 47.0 Å². The second kappa shape index (κ2) is 3.35. The van der Waals surface area contributed by atoms with E-state index in [-0.39, 0.29) is 6.10 Å². The zero-order valence-corrected chi connectivity index (χ0v) is 7.83. The minimum Gasteiger partial charge on any atom is -0.388 e. The lowest BCUT2D eigenvalue weighted by Gasteiger charge is -2.11. The SMILES string of the molecule is CC1=CCc2ccccc2C(O)C1. The molecule has 13 heavy (non-hydrogen) atoms. The summed E-state index contributed by atoms with van der Waals surface area (Å²) < 4.78 is 0. The predicted molar refractivity (Wildman–Crippen MR) is 53.5 cm³/mol. The lowest BCUT2D eigenvalue weighted by Crippen LogP contribution is -1.98. The van der Waals surface area contributed by atoms with E-state index < -0.39 is 0 Å². The van der Waals surface area contributed by atoms with E-state index in [1.54, 1.807) is 0 Å². The fourth-order valence-electron chi connectivity index (χ4n) is 1.83. The number of aliphatic hydroxyl groups excluding tert-OH is 1. The van der Waals surface area contributed by atoms with Gasteiger partial charge in [-0.1, -0.05) is 35.9 Å². The first-order valence-electron chi connectivity index (χ1n) is 4.69. The molecule has 0 heterocycles. The van der Waals surface area contributed by atoms with E-state index in [1.807, 2.05) is 18.2 Å². The van der Waals surface area contributed by atoms with E-state index in [0.29, 0.717) is 0 Å². The fourth-order valence-corrected chi connectivity index (χ4v) is 1.83. The van der Waals surface area contributed by atoms with Gasteiger partial charge in [0.15, 0.2) is 0 Å². The Morgan fingerprint density at radius 3 is 2.92 bits per heavy atom. The molecule has 1 aliphatic carbocycles. The van der Waals surface area contributed by atoms with Crippen LogP contribution in [0.3, 0.4) is 0 Å². The molecule has 68 valence electrons. The van der Waals surface area contributed by atoms with Gasteiger partial charge < -0.3 is 5.11 Å². The molecule has 1 aromatic carbocycles. The highest BCUT2D eigenvalue weighted by molar-refractivity contribution is 5.34. The Morgan fingerprint density at radius 1 is 1.31 bits per heavy atom. The molecule has 0 fully saturated rings. The maximum absolute atomic E-state index is 9.87. The lowest BCUT2D eigenvalue weighted by atomic mass is 10.0. The van der Waals surface area contributed by atoms with Gasteiger partial charge in [0, 0.05) is 0 Å². The van der Waals surface area contributed by atoms with Crippen molar-refractivity contribution in [3.63, 3.8) is 0 Å². The highest BCUT2D eigenvalue weighted by Crippen LogP contribution is 2.27. The number of benzene rings is 1. The summed E-state index contributed by atoms with van der Waals surface area (Å²) in [5.74, 6) is 0. The van der Waals surface area contributed by atoms with Crippen LogP contribution in [0.4, 0.5) is 0 Å². The van der Waals surface area contributed by atoms with Crippen molar-refractivity contribution in [2.45, 2.75) is 25.9 Å². The second-order valence-electron chi connectivity index (χ2n) is 3.67. The highest BCUT2D eigenvalue weighted by Gasteiger charge is 2.14. The van der Waals surface area contributed by atoms with Crippen molar-refractivity contribution in [2.75, 3.05) is 0 Å². The molecule has 0 aliphatic heterocycles. The van der Waals surface area contributed by atoms with E-state index in [9.17, 15) is 5.11 Å². The zero-order chi connectivity index (χ0) is 9.26. The molecule has 0 spiro atoms. The van der Waals surface area contributed by atoms with E-state index in [1.165, 1.54) is 11.1 Å². The number of hydrogen-bond donors (Lipinski definition) is 1. The van der Waals surface area contributed by atoms with Crippen LogP contribution in [0.2, 0.25) is 0 Å². The third-order valence-corrected chi connectivity index (χ3v) is 2.60. The molecule has 0 aromatic heterocycles. The Balaban J connectivity index is 2.43. The predicted octanol–water partition coefficient (Wildman–Crippen LogP) is 2.61. The van der Waals surface area contributed by atoms with Crippen LogP contribution in [-0.4, -0.2) is 5.11 Å². The first kappa shape index (κ1) is 8.52. The normalized spacial score (nSPS) is 21.7. The van der Waals surface area contributed by atoms with Crippen molar-refractivity contribution in [3.8, 4) is 0 Å². The molecule has 1 unspecified atom stereocenters. The van der Waals surface area contributed by atoms with Crippen molar-refractivity contribution < 1.29 is 5.11 Å². The van der Waals surface area contributed by atoms with Gasteiger partial charge >= 0.3 is 0 Å². The maximum atomic E-state index is 9.87. The van der Waals surface area contributed by atoms with Crippen molar-refractivity contribution >= 4 is 0 Å². The quantitative estimate of drug-likeness (QED) is 0.599.